The minimum absolute atomic E-state index is 0.0408. The molecular formula is C24H22ClF4N3O2S. The van der Waals surface area contributed by atoms with Crippen molar-refractivity contribution in [3.8, 4) is 5.75 Å². The number of likely N-dealkylation sites (tertiary alicyclic amines) is 1. The standard InChI is InChI=1S/C24H22ClF4N3O2S/c25-17-5-2-6-18(27)20(17)24(33)30-12-19(22-21(23(28)29)31-13-35-22)32-9-7-15(8-10-32)34-16-4-1-3-14(26)11-16/h1-6,11,13,15,19,23H,7-10,12H2,(H,30,33). The van der Waals surface area contributed by atoms with Crippen molar-refractivity contribution in [1.82, 2.24) is 15.2 Å². The van der Waals surface area contributed by atoms with E-state index in [1.807, 2.05) is 4.90 Å². The summed E-state index contributed by atoms with van der Waals surface area (Å²) in [5.41, 5.74) is 0.712. The zero-order chi connectivity index (χ0) is 24.9. The lowest BCUT2D eigenvalue weighted by atomic mass is 10.0. The molecule has 0 aliphatic carbocycles. The van der Waals surface area contributed by atoms with Gasteiger partial charge in [0.05, 0.1) is 27.0 Å². The molecule has 5 nitrogen and oxygen atoms in total. The van der Waals surface area contributed by atoms with E-state index in [0.717, 1.165) is 17.4 Å². The highest BCUT2D eigenvalue weighted by molar-refractivity contribution is 7.09. The zero-order valence-electron chi connectivity index (χ0n) is 18.4. The number of nitrogens with zero attached hydrogens (tertiary/aromatic N) is 2. The largest absolute Gasteiger partial charge is 0.490 e. The van der Waals surface area contributed by atoms with Crippen LogP contribution in [0.15, 0.2) is 48.0 Å². The molecule has 4 rings (SSSR count). The van der Waals surface area contributed by atoms with Gasteiger partial charge in [0.2, 0.25) is 0 Å². The molecule has 11 heteroatoms. The van der Waals surface area contributed by atoms with Gasteiger partial charge in [-0.1, -0.05) is 23.7 Å². The maximum absolute atomic E-state index is 14.2. The Bertz CT molecular complexity index is 1150. The van der Waals surface area contributed by atoms with Crippen LogP contribution >= 0.6 is 22.9 Å². The lowest BCUT2D eigenvalue weighted by Gasteiger charge is -2.37. The summed E-state index contributed by atoms with van der Waals surface area (Å²) < 4.78 is 60.7. The maximum Gasteiger partial charge on any atom is 0.281 e. The van der Waals surface area contributed by atoms with Crippen LogP contribution in [0, 0.1) is 11.6 Å². The molecule has 1 atom stereocenters. The summed E-state index contributed by atoms with van der Waals surface area (Å²) in [5.74, 6) is -1.47. The Kier molecular flexibility index (Phi) is 8.25. The molecule has 1 aromatic heterocycles. The van der Waals surface area contributed by atoms with E-state index in [1.54, 1.807) is 12.1 Å². The summed E-state index contributed by atoms with van der Waals surface area (Å²) in [6.45, 7) is 0.934. The van der Waals surface area contributed by atoms with Crippen molar-refractivity contribution in [1.29, 1.82) is 0 Å². The number of halogens is 5. The molecule has 1 fully saturated rings. The third-order valence-electron chi connectivity index (χ3n) is 5.80. The number of aromatic nitrogens is 1. The van der Waals surface area contributed by atoms with Crippen molar-refractivity contribution >= 4 is 28.8 Å². The van der Waals surface area contributed by atoms with E-state index in [0.29, 0.717) is 36.6 Å². The van der Waals surface area contributed by atoms with E-state index < -0.39 is 30.0 Å². The summed E-state index contributed by atoms with van der Waals surface area (Å²) >= 11 is 7.07. The minimum atomic E-state index is -2.77. The van der Waals surface area contributed by atoms with Crippen molar-refractivity contribution in [3.05, 3.63) is 80.8 Å². The van der Waals surface area contributed by atoms with Crippen LogP contribution in [0.25, 0.3) is 0 Å². The van der Waals surface area contributed by atoms with E-state index in [2.05, 4.69) is 10.3 Å². The molecule has 1 N–H and O–H groups in total. The number of hydrogen-bond acceptors (Lipinski definition) is 5. The summed E-state index contributed by atoms with van der Waals surface area (Å²) in [6.07, 6.45) is -1.80. The lowest BCUT2D eigenvalue weighted by Crippen LogP contribution is -2.44. The number of thiazole rings is 1. The summed E-state index contributed by atoms with van der Waals surface area (Å²) in [6, 6.07) is 9.20. The summed E-state index contributed by atoms with van der Waals surface area (Å²) in [4.78, 5) is 18.8. The Hall–Kier alpha value is -2.69. The van der Waals surface area contributed by atoms with Gasteiger partial charge in [0, 0.05) is 25.7 Å². The molecule has 35 heavy (non-hydrogen) atoms. The topological polar surface area (TPSA) is 54.5 Å². The Balaban J connectivity index is 1.47. The fraction of sp³-hybridized carbons (Fsp3) is 0.333. The third kappa shape index (κ3) is 6.12. The molecule has 2 aromatic carbocycles. The maximum atomic E-state index is 14.2. The normalized spacial score (nSPS) is 15.8. The van der Waals surface area contributed by atoms with Gasteiger partial charge in [-0.3, -0.25) is 9.69 Å². The van der Waals surface area contributed by atoms with Gasteiger partial charge in [-0.05, 0) is 37.1 Å². The van der Waals surface area contributed by atoms with Crippen LogP contribution in [-0.4, -0.2) is 41.5 Å². The first kappa shape index (κ1) is 25.4. The average Bonchev–Trinajstić information content (AvgIpc) is 3.30. The number of amides is 1. The Morgan fingerprint density at radius 2 is 1.94 bits per heavy atom. The summed E-state index contributed by atoms with van der Waals surface area (Å²) in [7, 11) is 0. The fourth-order valence-corrected chi connectivity index (χ4v) is 5.28. The Labute approximate surface area is 208 Å². The van der Waals surface area contributed by atoms with Crippen LogP contribution in [0.5, 0.6) is 5.75 Å². The number of rotatable bonds is 8. The van der Waals surface area contributed by atoms with Crippen LogP contribution in [-0.2, 0) is 0 Å². The monoisotopic (exact) mass is 527 g/mol. The first-order valence-corrected chi connectivity index (χ1v) is 12.2. The second kappa shape index (κ2) is 11.4. The van der Waals surface area contributed by atoms with Gasteiger partial charge in [-0.25, -0.2) is 22.5 Å². The van der Waals surface area contributed by atoms with Gasteiger partial charge >= 0.3 is 0 Å². The summed E-state index contributed by atoms with van der Waals surface area (Å²) in [5, 5.41) is 2.60. The van der Waals surface area contributed by atoms with E-state index in [1.165, 1.54) is 29.8 Å². The molecule has 186 valence electrons. The molecule has 0 spiro atoms. The third-order valence-corrected chi connectivity index (χ3v) is 7.06. The molecule has 1 saturated heterocycles. The van der Waals surface area contributed by atoms with Crippen molar-refractivity contribution in [3.63, 3.8) is 0 Å². The Morgan fingerprint density at radius 3 is 2.63 bits per heavy atom. The molecule has 1 amide bonds. The van der Waals surface area contributed by atoms with Gasteiger partial charge < -0.3 is 10.1 Å². The number of alkyl halides is 2. The molecule has 3 aromatic rings. The number of carbonyl (C=O) groups is 1. The number of piperidine rings is 1. The second-order valence-corrected chi connectivity index (χ2v) is 9.33. The van der Waals surface area contributed by atoms with Gasteiger partial charge in [-0.15, -0.1) is 11.3 Å². The highest BCUT2D eigenvalue weighted by atomic mass is 35.5. The second-order valence-electron chi connectivity index (χ2n) is 8.04. The number of hydrogen-bond donors (Lipinski definition) is 1. The molecule has 0 saturated carbocycles. The van der Waals surface area contributed by atoms with Crippen LogP contribution < -0.4 is 10.1 Å². The molecule has 2 heterocycles. The van der Waals surface area contributed by atoms with Crippen LogP contribution in [0.4, 0.5) is 17.6 Å². The highest BCUT2D eigenvalue weighted by Crippen LogP contribution is 2.35. The molecule has 1 aliphatic heterocycles. The smallest absolute Gasteiger partial charge is 0.281 e. The molecule has 1 unspecified atom stereocenters. The number of benzene rings is 2. The van der Waals surface area contributed by atoms with E-state index in [-0.39, 0.29) is 28.9 Å². The lowest BCUT2D eigenvalue weighted by molar-refractivity contribution is 0.0701. The molecule has 1 aliphatic rings. The zero-order valence-corrected chi connectivity index (χ0v) is 20.0. The minimum Gasteiger partial charge on any atom is -0.490 e. The molecular weight excluding hydrogens is 506 g/mol. The quantitative estimate of drug-likeness (QED) is 0.364. The van der Waals surface area contributed by atoms with Gasteiger partial charge in [-0.2, -0.15) is 0 Å². The van der Waals surface area contributed by atoms with Gasteiger partial charge in [0.1, 0.15) is 29.2 Å². The van der Waals surface area contributed by atoms with Gasteiger partial charge in [0.15, 0.2) is 0 Å². The van der Waals surface area contributed by atoms with E-state index >= 15 is 0 Å². The van der Waals surface area contributed by atoms with Crippen molar-refractivity contribution in [2.24, 2.45) is 0 Å². The van der Waals surface area contributed by atoms with Crippen molar-refractivity contribution in [2.75, 3.05) is 19.6 Å². The van der Waals surface area contributed by atoms with Crippen molar-refractivity contribution < 1.29 is 27.1 Å². The van der Waals surface area contributed by atoms with Crippen LogP contribution in [0.1, 0.15) is 46.2 Å². The highest BCUT2D eigenvalue weighted by Gasteiger charge is 2.32. The van der Waals surface area contributed by atoms with Crippen molar-refractivity contribution in [2.45, 2.75) is 31.4 Å². The SMILES string of the molecule is O=C(NCC(c1scnc1C(F)F)N1CCC(Oc2cccc(F)c2)CC1)c1c(F)cccc1Cl. The van der Waals surface area contributed by atoms with E-state index in [4.69, 9.17) is 16.3 Å². The first-order valence-electron chi connectivity index (χ1n) is 10.9. The van der Waals surface area contributed by atoms with E-state index in [9.17, 15) is 22.4 Å². The number of ether oxygens (including phenoxy) is 1. The predicted octanol–water partition coefficient (Wildman–Crippen LogP) is 6.03. The average molecular weight is 528 g/mol. The first-order chi connectivity index (χ1) is 16.8. The van der Waals surface area contributed by atoms with Gasteiger partial charge in [0.25, 0.3) is 12.3 Å². The predicted molar refractivity (Wildman–Crippen MR) is 125 cm³/mol. The Morgan fingerprint density at radius 1 is 1.20 bits per heavy atom. The van der Waals surface area contributed by atoms with Crippen LogP contribution in [0.3, 0.4) is 0 Å². The molecule has 0 radical (unpaired) electrons. The number of nitrogens with one attached hydrogen (secondary N) is 1. The molecule has 0 bridgehead atoms. The fourth-order valence-electron chi connectivity index (χ4n) is 4.10. The van der Waals surface area contributed by atoms with Crippen LogP contribution in [0.2, 0.25) is 5.02 Å². The number of carbonyl (C=O) groups excluding carboxylic acids is 1.